The zero-order chi connectivity index (χ0) is 10.2. The van der Waals surface area contributed by atoms with E-state index in [4.69, 9.17) is 4.74 Å². The fraction of sp³-hybridized carbons (Fsp3) is 0.364. The van der Waals surface area contributed by atoms with Gasteiger partial charge in [-0.2, -0.15) is 0 Å². The Kier molecular flexibility index (Phi) is 5.30. The van der Waals surface area contributed by atoms with E-state index < -0.39 is 0 Å². The van der Waals surface area contributed by atoms with E-state index in [1.165, 1.54) is 0 Å². The molecule has 0 aromatic carbocycles. The summed E-state index contributed by atoms with van der Waals surface area (Å²) in [5, 5.41) is 0.988. The summed E-state index contributed by atoms with van der Waals surface area (Å²) in [6, 6.07) is 1.99. The van der Waals surface area contributed by atoms with Crippen molar-refractivity contribution in [3.8, 4) is 5.75 Å². The standard InChI is InChI=1S/C11H14BrNO/c1-2-14-11-7-10(8-13-9-11)5-3-4-6-12/h3,5,7-9H,2,4,6H2,1H3/b5-3+. The lowest BCUT2D eigenvalue weighted by molar-refractivity contribution is 0.339. The maximum atomic E-state index is 5.35. The van der Waals surface area contributed by atoms with Crippen molar-refractivity contribution in [2.45, 2.75) is 13.3 Å². The van der Waals surface area contributed by atoms with Crippen molar-refractivity contribution in [1.29, 1.82) is 0 Å². The van der Waals surface area contributed by atoms with Crippen LogP contribution in [0.2, 0.25) is 0 Å². The van der Waals surface area contributed by atoms with E-state index in [1.54, 1.807) is 6.20 Å². The van der Waals surface area contributed by atoms with E-state index >= 15 is 0 Å². The molecule has 3 heteroatoms. The number of alkyl halides is 1. The predicted molar refractivity (Wildman–Crippen MR) is 62.9 cm³/mol. The highest BCUT2D eigenvalue weighted by molar-refractivity contribution is 9.09. The summed E-state index contributed by atoms with van der Waals surface area (Å²) in [7, 11) is 0. The van der Waals surface area contributed by atoms with E-state index in [0.29, 0.717) is 6.61 Å². The Morgan fingerprint density at radius 2 is 2.36 bits per heavy atom. The van der Waals surface area contributed by atoms with Crippen LogP contribution in [-0.4, -0.2) is 16.9 Å². The van der Waals surface area contributed by atoms with Crippen LogP contribution in [0.3, 0.4) is 0 Å². The van der Waals surface area contributed by atoms with Crippen LogP contribution >= 0.6 is 15.9 Å². The van der Waals surface area contributed by atoms with Crippen LogP contribution in [0.15, 0.2) is 24.5 Å². The van der Waals surface area contributed by atoms with Gasteiger partial charge in [-0.25, -0.2) is 0 Å². The zero-order valence-corrected chi connectivity index (χ0v) is 9.83. The fourth-order valence-corrected chi connectivity index (χ4v) is 1.32. The second-order valence-corrected chi connectivity index (χ2v) is 3.56. The van der Waals surface area contributed by atoms with Crippen LogP contribution in [0.4, 0.5) is 0 Å². The summed E-state index contributed by atoms with van der Waals surface area (Å²) in [6.45, 7) is 2.64. The highest BCUT2D eigenvalue weighted by Gasteiger charge is 1.93. The van der Waals surface area contributed by atoms with Crippen LogP contribution in [0.25, 0.3) is 6.08 Å². The molecule has 0 saturated carbocycles. The molecule has 0 fully saturated rings. The predicted octanol–water partition coefficient (Wildman–Crippen LogP) is 3.28. The van der Waals surface area contributed by atoms with E-state index in [9.17, 15) is 0 Å². The molecule has 0 aliphatic heterocycles. The maximum absolute atomic E-state index is 5.35. The minimum atomic E-state index is 0.677. The van der Waals surface area contributed by atoms with Gasteiger partial charge in [0.15, 0.2) is 0 Å². The third kappa shape index (κ3) is 3.92. The summed E-state index contributed by atoms with van der Waals surface area (Å²) in [6.07, 6.45) is 8.75. The number of hydrogen-bond donors (Lipinski definition) is 0. The first-order chi connectivity index (χ1) is 6.86. The maximum Gasteiger partial charge on any atom is 0.138 e. The third-order valence-electron chi connectivity index (χ3n) is 1.63. The molecule has 0 spiro atoms. The van der Waals surface area contributed by atoms with Gasteiger partial charge in [0.2, 0.25) is 0 Å². The number of rotatable bonds is 5. The van der Waals surface area contributed by atoms with Gasteiger partial charge in [-0.1, -0.05) is 28.1 Å². The SMILES string of the molecule is CCOc1cncc(/C=C/CCBr)c1. The van der Waals surface area contributed by atoms with Crippen molar-refractivity contribution in [3.05, 3.63) is 30.1 Å². The average molecular weight is 256 g/mol. The molecule has 0 amide bonds. The van der Waals surface area contributed by atoms with Crippen LogP contribution in [0.5, 0.6) is 5.75 Å². The summed E-state index contributed by atoms with van der Waals surface area (Å²) >= 11 is 3.37. The lowest BCUT2D eigenvalue weighted by Gasteiger charge is -2.02. The highest BCUT2D eigenvalue weighted by atomic mass is 79.9. The minimum Gasteiger partial charge on any atom is -0.492 e. The minimum absolute atomic E-state index is 0.677. The molecule has 1 aromatic rings. The fourth-order valence-electron chi connectivity index (χ4n) is 1.05. The second-order valence-electron chi connectivity index (χ2n) is 2.77. The van der Waals surface area contributed by atoms with Gasteiger partial charge in [-0.3, -0.25) is 4.98 Å². The largest absolute Gasteiger partial charge is 0.492 e. The Bertz CT molecular complexity index is 299. The number of halogens is 1. The molecule has 2 nitrogen and oxygen atoms in total. The Hall–Kier alpha value is -0.830. The van der Waals surface area contributed by atoms with Gasteiger partial charge in [-0.15, -0.1) is 0 Å². The first-order valence-electron chi connectivity index (χ1n) is 4.67. The van der Waals surface area contributed by atoms with Gasteiger partial charge in [0.1, 0.15) is 5.75 Å². The van der Waals surface area contributed by atoms with Gasteiger partial charge in [0.05, 0.1) is 12.8 Å². The molecule has 14 heavy (non-hydrogen) atoms. The Morgan fingerprint density at radius 1 is 1.50 bits per heavy atom. The van der Waals surface area contributed by atoms with Crippen LogP contribution in [0.1, 0.15) is 18.9 Å². The molecule has 1 rings (SSSR count). The van der Waals surface area contributed by atoms with Crippen molar-refractivity contribution in [2.75, 3.05) is 11.9 Å². The molecule has 0 bridgehead atoms. The van der Waals surface area contributed by atoms with Gasteiger partial charge >= 0.3 is 0 Å². The molecule has 0 saturated heterocycles. The van der Waals surface area contributed by atoms with E-state index in [0.717, 1.165) is 23.1 Å². The van der Waals surface area contributed by atoms with E-state index in [1.807, 2.05) is 19.2 Å². The summed E-state index contributed by atoms with van der Waals surface area (Å²) in [5.74, 6) is 0.827. The molecule has 0 atom stereocenters. The van der Waals surface area contributed by atoms with Gasteiger partial charge in [0.25, 0.3) is 0 Å². The summed E-state index contributed by atoms with van der Waals surface area (Å²) in [4.78, 5) is 4.09. The quantitative estimate of drug-likeness (QED) is 0.754. The van der Waals surface area contributed by atoms with Gasteiger partial charge in [-0.05, 0) is 25.0 Å². The van der Waals surface area contributed by atoms with Gasteiger partial charge < -0.3 is 4.74 Å². The molecule has 0 aliphatic rings. The molecule has 0 unspecified atom stereocenters. The van der Waals surface area contributed by atoms with Crippen molar-refractivity contribution in [2.24, 2.45) is 0 Å². The molecule has 0 aliphatic carbocycles. The Balaban J connectivity index is 2.63. The van der Waals surface area contributed by atoms with Crippen molar-refractivity contribution in [3.63, 3.8) is 0 Å². The third-order valence-corrected chi connectivity index (χ3v) is 2.09. The Morgan fingerprint density at radius 3 is 3.07 bits per heavy atom. The summed E-state index contributed by atoms with van der Waals surface area (Å²) in [5.41, 5.74) is 1.08. The lowest BCUT2D eigenvalue weighted by atomic mass is 10.2. The van der Waals surface area contributed by atoms with Crippen LogP contribution < -0.4 is 4.74 Å². The summed E-state index contributed by atoms with van der Waals surface area (Å²) < 4.78 is 5.35. The number of hydrogen-bond acceptors (Lipinski definition) is 2. The molecule has 1 aromatic heterocycles. The van der Waals surface area contributed by atoms with Crippen LogP contribution in [-0.2, 0) is 0 Å². The van der Waals surface area contributed by atoms with Crippen molar-refractivity contribution in [1.82, 2.24) is 4.98 Å². The lowest BCUT2D eigenvalue weighted by Crippen LogP contribution is -1.92. The first-order valence-corrected chi connectivity index (χ1v) is 5.79. The molecular weight excluding hydrogens is 242 g/mol. The second kappa shape index (κ2) is 6.60. The molecular formula is C11H14BrNO. The van der Waals surface area contributed by atoms with Gasteiger partial charge in [0, 0.05) is 11.5 Å². The average Bonchev–Trinajstić information content (AvgIpc) is 2.19. The topological polar surface area (TPSA) is 22.1 Å². The normalized spacial score (nSPS) is 10.7. The number of aromatic nitrogens is 1. The molecule has 1 heterocycles. The number of pyridine rings is 1. The number of nitrogens with zero attached hydrogens (tertiary/aromatic N) is 1. The van der Waals surface area contributed by atoms with Crippen molar-refractivity contribution >= 4 is 22.0 Å². The highest BCUT2D eigenvalue weighted by Crippen LogP contribution is 2.12. The van der Waals surface area contributed by atoms with E-state index in [-0.39, 0.29) is 0 Å². The zero-order valence-electron chi connectivity index (χ0n) is 8.24. The smallest absolute Gasteiger partial charge is 0.138 e. The molecule has 0 N–H and O–H groups in total. The monoisotopic (exact) mass is 255 g/mol. The Labute approximate surface area is 93.1 Å². The molecule has 76 valence electrons. The first kappa shape index (κ1) is 11.2. The van der Waals surface area contributed by atoms with Crippen LogP contribution in [0, 0.1) is 0 Å². The van der Waals surface area contributed by atoms with Crippen molar-refractivity contribution < 1.29 is 4.74 Å². The van der Waals surface area contributed by atoms with E-state index in [2.05, 4.69) is 33.1 Å². The molecule has 0 radical (unpaired) electrons. The number of allylic oxidation sites excluding steroid dienone is 1. The number of ether oxygens (including phenoxy) is 1.